The van der Waals surface area contributed by atoms with Gasteiger partial charge < -0.3 is 10.4 Å². The number of carbonyl (C=O) groups is 1. The third-order valence-electron chi connectivity index (χ3n) is 4.05. The highest BCUT2D eigenvalue weighted by Gasteiger charge is 2.26. The van der Waals surface area contributed by atoms with Gasteiger partial charge in [-0.2, -0.15) is 0 Å². The van der Waals surface area contributed by atoms with Crippen molar-refractivity contribution in [2.75, 3.05) is 13.2 Å². The molecule has 106 valence electrons. The zero-order valence-electron chi connectivity index (χ0n) is 12.2. The summed E-state index contributed by atoms with van der Waals surface area (Å²) in [4.78, 5) is 12.1. The molecular weight excluding hydrogens is 238 g/mol. The van der Waals surface area contributed by atoms with E-state index in [1.807, 2.05) is 31.2 Å². The fourth-order valence-electron chi connectivity index (χ4n) is 2.34. The monoisotopic (exact) mass is 263 g/mol. The van der Waals surface area contributed by atoms with E-state index in [4.69, 9.17) is 0 Å². The number of aliphatic hydroxyl groups excluding tert-OH is 1. The molecule has 0 aliphatic carbocycles. The molecule has 0 saturated carbocycles. The average molecular weight is 263 g/mol. The molecule has 3 heteroatoms. The molecule has 0 fully saturated rings. The molecular formula is C16H25NO2. The largest absolute Gasteiger partial charge is 0.396 e. The molecule has 0 bridgehead atoms. The van der Waals surface area contributed by atoms with E-state index in [1.165, 1.54) is 0 Å². The second-order valence-corrected chi connectivity index (χ2v) is 5.23. The van der Waals surface area contributed by atoms with Crippen molar-refractivity contribution in [2.45, 2.75) is 40.0 Å². The smallest absolute Gasteiger partial charge is 0.251 e. The Kier molecular flexibility index (Phi) is 6.03. The van der Waals surface area contributed by atoms with Crippen LogP contribution in [0.3, 0.4) is 0 Å². The van der Waals surface area contributed by atoms with E-state index in [-0.39, 0.29) is 17.9 Å². The minimum Gasteiger partial charge on any atom is -0.396 e. The standard InChI is InChI=1S/C16H25NO2/c1-4-16(5-2,9-10-18)12-17-15(19)14-8-6-7-13(3)11-14/h6-8,11,18H,4-5,9-10,12H2,1-3H3,(H,17,19). The van der Waals surface area contributed by atoms with E-state index in [0.29, 0.717) is 12.1 Å². The van der Waals surface area contributed by atoms with Crippen LogP contribution in [0.4, 0.5) is 0 Å². The van der Waals surface area contributed by atoms with Gasteiger partial charge in [-0.3, -0.25) is 4.79 Å². The van der Waals surface area contributed by atoms with Crippen LogP contribution >= 0.6 is 0 Å². The molecule has 1 rings (SSSR count). The summed E-state index contributed by atoms with van der Waals surface area (Å²) in [6.07, 6.45) is 2.64. The lowest BCUT2D eigenvalue weighted by Crippen LogP contribution is -2.37. The summed E-state index contributed by atoms with van der Waals surface area (Å²) in [5.74, 6) is -0.0343. The van der Waals surface area contributed by atoms with Crippen molar-refractivity contribution in [3.63, 3.8) is 0 Å². The van der Waals surface area contributed by atoms with Gasteiger partial charge in [-0.25, -0.2) is 0 Å². The minimum atomic E-state index is -0.0343. The van der Waals surface area contributed by atoms with E-state index >= 15 is 0 Å². The first-order valence-corrected chi connectivity index (χ1v) is 7.02. The van der Waals surface area contributed by atoms with Crippen molar-refractivity contribution in [3.05, 3.63) is 35.4 Å². The van der Waals surface area contributed by atoms with Gasteiger partial charge in [0.1, 0.15) is 0 Å². The van der Waals surface area contributed by atoms with Crippen molar-refractivity contribution in [2.24, 2.45) is 5.41 Å². The topological polar surface area (TPSA) is 49.3 Å². The van der Waals surface area contributed by atoms with E-state index in [2.05, 4.69) is 19.2 Å². The second kappa shape index (κ2) is 7.29. The van der Waals surface area contributed by atoms with Crippen LogP contribution in [0.2, 0.25) is 0 Å². The molecule has 1 aromatic carbocycles. The summed E-state index contributed by atoms with van der Waals surface area (Å²) >= 11 is 0. The molecule has 0 atom stereocenters. The molecule has 0 radical (unpaired) electrons. The quantitative estimate of drug-likeness (QED) is 0.794. The number of hydrogen-bond donors (Lipinski definition) is 2. The van der Waals surface area contributed by atoms with Crippen LogP contribution in [0.15, 0.2) is 24.3 Å². The van der Waals surface area contributed by atoms with Crippen molar-refractivity contribution < 1.29 is 9.90 Å². The highest BCUT2D eigenvalue weighted by molar-refractivity contribution is 5.94. The molecule has 0 unspecified atom stereocenters. The van der Waals surface area contributed by atoms with E-state index in [1.54, 1.807) is 0 Å². The van der Waals surface area contributed by atoms with Crippen LogP contribution in [0.5, 0.6) is 0 Å². The first kappa shape index (κ1) is 15.7. The Morgan fingerprint density at radius 2 is 2.00 bits per heavy atom. The molecule has 0 aliphatic heterocycles. The average Bonchev–Trinajstić information content (AvgIpc) is 2.43. The van der Waals surface area contributed by atoms with E-state index in [0.717, 1.165) is 24.8 Å². The Hall–Kier alpha value is -1.35. The molecule has 0 aromatic heterocycles. The number of nitrogens with one attached hydrogen (secondary N) is 1. The van der Waals surface area contributed by atoms with Crippen molar-refractivity contribution >= 4 is 5.91 Å². The first-order valence-electron chi connectivity index (χ1n) is 7.02. The van der Waals surface area contributed by atoms with Gasteiger partial charge in [0.15, 0.2) is 0 Å². The van der Waals surface area contributed by atoms with Crippen LogP contribution < -0.4 is 5.32 Å². The van der Waals surface area contributed by atoms with E-state index in [9.17, 15) is 9.90 Å². The minimum absolute atomic E-state index is 0.00817. The normalized spacial score (nSPS) is 11.4. The summed E-state index contributed by atoms with van der Waals surface area (Å²) in [5, 5.41) is 12.2. The molecule has 0 aliphatic rings. The van der Waals surface area contributed by atoms with Crippen molar-refractivity contribution in [1.29, 1.82) is 0 Å². The Balaban J connectivity index is 2.66. The lowest BCUT2D eigenvalue weighted by Gasteiger charge is -2.31. The number of hydrogen-bond acceptors (Lipinski definition) is 2. The third kappa shape index (κ3) is 4.35. The van der Waals surface area contributed by atoms with Gasteiger partial charge in [0.05, 0.1) is 0 Å². The predicted octanol–water partition coefficient (Wildman–Crippen LogP) is 2.91. The summed E-state index contributed by atoms with van der Waals surface area (Å²) in [7, 11) is 0. The van der Waals surface area contributed by atoms with Gasteiger partial charge in [-0.15, -0.1) is 0 Å². The third-order valence-corrected chi connectivity index (χ3v) is 4.05. The van der Waals surface area contributed by atoms with Crippen molar-refractivity contribution in [1.82, 2.24) is 5.32 Å². The van der Waals surface area contributed by atoms with Crippen LogP contribution in [0.25, 0.3) is 0 Å². The molecule has 19 heavy (non-hydrogen) atoms. The Labute approximate surface area is 116 Å². The number of rotatable bonds is 7. The zero-order valence-corrected chi connectivity index (χ0v) is 12.2. The highest BCUT2D eigenvalue weighted by Crippen LogP contribution is 2.29. The molecule has 3 nitrogen and oxygen atoms in total. The maximum atomic E-state index is 12.1. The van der Waals surface area contributed by atoms with Gasteiger partial charge in [0, 0.05) is 18.7 Å². The summed E-state index contributed by atoms with van der Waals surface area (Å²) in [6, 6.07) is 7.59. The van der Waals surface area contributed by atoms with Gasteiger partial charge in [-0.05, 0) is 43.7 Å². The number of aliphatic hydroxyl groups is 1. The van der Waals surface area contributed by atoms with Gasteiger partial charge in [0.25, 0.3) is 5.91 Å². The Bertz CT molecular complexity index is 411. The maximum absolute atomic E-state index is 12.1. The van der Waals surface area contributed by atoms with Crippen LogP contribution in [0, 0.1) is 12.3 Å². The molecule has 2 N–H and O–H groups in total. The number of amides is 1. The van der Waals surface area contributed by atoms with Crippen LogP contribution in [0.1, 0.15) is 49.0 Å². The first-order chi connectivity index (χ1) is 9.06. The molecule has 1 aromatic rings. The maximum Gasteiger partial charge on any atom is 0.251 e. The molecule has 0 saturated heterocycles. The number of aryl methyl sites for hydroxylation is 1. The molecule has 1 amide bonds. The van der Waals surface area contributed by atoms with Gasteiger partial charge in [-0.1, -0.05) is 31.5 Å². The van der Waals surface area contributed by atoms with E-state index < -0.39 is 0 Å². The molecule has 0 heterocycles. The Morgan fingerprint density at radius 1 is 1.32 bits per heavy atom. The number of carbonyl (C=O) groups excluding carboxylic acids is 1. The summed E-state index contributed by atoms with van der Waals surface area (Å²) in [5.41, 5.74) is 1.79. The molecule has 0 spiro atoms. The van der Waals surface area contributed by atoms with Gasteiger partial charge in [0.2, 0.25) is 0 Å². The fourth-order valence-corrected chi connectivity index (χ4v) is 2.34. The highest BCUT2D eigenvalue weighted by atomic mass is 16.3. The van der Waals surface area contributed by atoms with Crippen LogP contribution in [-0.2, 0) is 0 Å². The van der Waals surface area contributed by atoms with Gasteiger partial charge >= 0.3 is 0 Å². The fraction of sp³-hybridized carbons (Fsp3) is 0.562. The van der Waals surface area contributed by atoms with Crippen molar-refractivity contribution in [3.8, 4) is 0 Å². The lowest BCUT2D eigenvalue weighted by atomic mass is 9.79. The zero-order chi connectivity index (χ0) is 14.3. The second-order valence-electron chi connectivity index (χ2n) is 5.23. The van der Waals surface area contributed by atoms with Crippen LogP contribution in [-0.4, -0.2) is 24.2 Å². The summed E-state index contributed by atoms with van der Waals surface area (Å²) < 4.78 is 0. The predicted molar refractivity (Wildman–Crippen MR) is 78.2 cm³/mol. The lowest BCUT2D eigenvalue weighted by molar-refractivity contribution is 0.0907. The Morgan fingerprint density at radius 3 is 2.53 bits per heavy atom. The summed E-state index contributed by atoms with van der Waals surface area (Å²) in [6.45, 7) is 6.98. The number of benzene rings is 1. The SMILES string of the molecule is CCC(CC)(CCO)CNC(=O)c1cccc(C)c1.